The number of Topliss-reactive ketones (excluding diaryl/α,β-unsaturated/α-hetero) is 1. The molecular weight excluding hydrogens is 190 g/mol. The zero-order chi connectivity index (χ0) is 10.8. The molecule has 0 aliphatic rings. The number of hydrogen-bond donors (Lipinski definition) is 0. The van der Waals surface area contributed by atoms with Gasteiger partial charge in [-0.05, 0) is 31.5 Å². The van der Waals surface area contributed by atoms with Crippen molar-refractivity contribution in [2.75, 3.05) is 0 Å². The van der Waals surface area contributed by atoms with Gasteiger partial charge in [0.15, 0.2) is 11.6 Å². The Morgan fingerprint density at radius 1 is 1.47 bits per heavy atom. The molecule has 0 amide bonds. The minimum absolute atomic E-state index is 0.0256. The van der Waals surface area contributed by atoms with Crippen molar-refractivity contribution in [3.05, 3.63) is 41.9 Å². The van der Waals surface area contributed by atoms with Crippen LogP contribution in [0.15, 0.2) is 30.7 Å². The highest BCUT2D eigenvalue weighted by Gasteiger charge is 2.06. The monoisotopic (exact) mass is 201 g/mol. The van der Waals surface area contributed by atoms with Gasteiger partial charge in [-0.3, -0.25) is 4.79 Å². The van der Waals surface area contributed by atoms with Gasteiger partial charge in [-0.1, -0.05) is 0 Å². The molecule has 0 fully saturated rings. The highest BCUT2D eigenvalue weighted by atomic mass is 16.1. The first-order valence-corrected chi connectivity index (χ1v) is 4.66. The van der Waals surface area contributed by atoms with Gasteiger partial charge in [0.25, 0.3) is 0 Å². The molecule has 0 saturated carbocycles. The van der Waals surface area contributed by atoms with Crippen LogP contribution in [0, 0.1) is 6.92 Å². The number of carbonyl (C=O) groups excluding carboxylic acids is 1. The van der Waals surface area contributed by atoms with Crippen molar-refractivity contribution in [1.82, 2.24) is 14.8 Å². The predicted octanol–water partition coefficient (Wildman–Crippen LogP) is 1.78. The Balaban J connectivity index is 2.48. The molecule has 4 heteroatoms. The van der Waals surface area contributed by atoms with E-state index < -0.39 is 0 Å². The lowest BCUT2D eigenvalue weighted by Crippen LogP contribution is -2.03. The van der Waals surface area contributed by atoms with E-state index in [2.05, 4.69) is 10.1 Å². The molecule has 0 radical (unpaired) electrons. The molecule has 15 heavy (non-hydrogen) atoms. The SMILES string of the molecule is CC(=O)c1cnc(-n2cccn2)c(C)c1. The lowest BCUT2D eigenvalue weighted by Gasteiger charge is -2.05. The minimum Gasteiger partial charge on any atom is -0.294 e. The summed E-state index contributed by atoms with van der Waals surface area (Å²) in [6.07, 6.45) is 5.09. The van der Waals surface area contributed by atoms with Crippen molar-refractivity contribution in [2.24, 2.45) is 0 Å². The van der Waals surface area contributed by atoms with E-state index in [0.717, 1.165) is 11.4 Å². The molecule has 0 aliphatic heterocycles. The third-order valence-electron chi connectivity index (χ3n) is 2.18. The average Bonchev–Trinajstić information content (AvgIpc) is 2.70. The van der Waals surface area contributed by atoms with E-state index >= 15 is 0 Å². The molecule has 2 rings (SSSR count). The van der Waals surface area contributed by atoms with Crippen LogP contribution < -0.4 is 0 Å². The minimum atomic E-state index is 0.0256. The Kier molecular flexibility index (Phi) is 2.33. The molecule has 0 bridgehead atoms. The van der Waals surface area contributed by atoms with E-state index in [-0.39, 0.29) is 5.78 Å². The number of aryl methyl sites for hydroxylation is 1. The fourth-order valence-corrected chi connectivity index (χ4v) is 1.39. The van der Waals surface area contributed by atoms with Crippen LogP contribution in [0.1, 0.15) is 22.8 Å². The predicted molar refractivity (Wildman–Crippen MR) is 56.1 cm³/mol. The fraction of sp³-hybridized carbons (Fsp3) is 0.182. The fourth-order valence-electron chi connectivity index (χ4n) is 1.39. The molecule has 76 valence electrons. The molecule has 0 unspecified atom stereocenters. The summed E-state index contributed by atoms with van der Waals surface area (Å²) in [5.74, 6) is 0.780. The van der Waals surface area contributed by atoms with Crippen molar-refractivity contribution < 1.29 is 4.79 Å². The van der Waals surface area contributed by atoms with Crippen molar-refractivity contribution in [2.45, 2.75) is 13.8 Å². The van der Waals surface area contributed by atoms with Gasteiger partial charge in [-0.2, -0.15) is 5.10 Å². The standard InChI is InChI=1S/C11H11N3O/c1-8-6-10(9(2)15)7-12-11(8)14-5-3-4-13-14/h3-7H,1-2H3. The number of nitrogens with zero attached hydrogens (tertiary/aromatic N) is 3. The second-order valence-electron chi connectivity index (χ2n) is 3.37. The number of hydrogen-bond acceptors (Lipinski definition) is 3. The second kappa shape index (κ2) is 3.65. The third-order valence-corrected chi connectivity index (χ3v) is 2.18. The molecule has 2 aromatic rings. The van der Waals surface area contributed by atoms with Crippen molar-refractivity contribution >= 4 is 5.78 Å². The smallest absolute Gasteiger partial charge is 0.161 e. The highest BCUT2D eigenvalue weighted by molar-refractivity contribution is 5.94. The Labute approximate surface area is 87.6 Å². The molecular formula is C11H11N3O. The van der Waals surface area contributed by atoms with Gasteiger partial charge in [0.05, 0.1) is 0 Å². The van der Waals surface area contributed by atoms with Crippen LogP contribution in [0.5, 0.6) is 0 Å². The van der Waals surface area contributed by atoms with Crippen LogP contribution in [-0.4, -0.2) is 20.5 Å². The summed E-state index contributed by atoms with van der Waals surface area (Å²) in [6.45, 7) is 3.44. The Morgan fingerprint density at radius 3 is 2.80 bits per heavy atom. The molecule has 2 heterocycles. The van der Waals surface area contributed by atoms with E-state index in [9.17, 15) is 4.79 Å². The van der Waals surface area contributed by atoms with Crippen LogP contribution >= 0.6 is 0 Å². The first kappa shape index (κ1) is 9.58. The van der Waals surface area contributed by atoms with Gasteiger partial charge < -0.3 is 0 Å². The Bertz CT molecular complexity index is 489. The molecule has 0 N–H and O–H groups in total. The summed E-state index contributed by atoms with van der Waals surface area (Å²) >= 11 is 0. The number of pyridine rings is 1. The molecule has 0 spiro atoms. The lowest BCUT2D eigenvalue weighted by atomic mass is 10.1. The summed E-state index contributed by atoms with van der Waals surface area (Å²) in [7, 11) is 0. The van der Waals surface area contributed by atoms with Crippen LogP contribution in [0.4, 0.5) is 0 Å². The third kappa shape index (κ3) is 1.79. The summed E-state index contributed by atoms with van der Waals surface area (Å²) < 4.78 is 1.68. The first-order valence-electron chi connectivity index (χ1n) is 4.66. The number of carbonyl (C=O) groups is 1. The molecule has 4 nitrogen and oxygen atoms in total. The van der Waals surface area contributed by atoms with Gasteiger partial charge in [0.1, 0.15) is 0 Å². The maximum absolute atomic E-state index is 11.1. The number of ketones is 1. The largest absolute Gasteiger partial charge is 0.294 e. The maximum atomic E-state index is 11.1. The topological polar surface area (TPSA) is 47.8 Å². The summed E-state index contributed by atoms with van der Waals surface area (Å²) in [5.41, 5.74) is 1.56. The quantitative estimate of drug-likeness (QED) is 0.696. The molecule has 0 aliphatic carbocycles. The lowest BCUT2D eigenvalue weighted by molar-refractivity contribution is 0.101. The van der Waals surface area contributed by atoms with E-state index in [0.29, 0.717) is 5.56 Å². The van der Waals surface area contributed by atoms with E-state index in [1.807, 2.05) is 25.3 Å². The number of rotatable bonds is 2. The molecule has 0 atom stereocenters. The van der Waals surface area contributed by atoms with Crippen molar-refractivity contribution in [1.29, 1.82) is 0 Å². The summed E-state index contributed by atoms with van der Waals surface area (Å²) in [6, 6.07) is 3.66. The maximum Gasteiger partial charge on any atom is 0.161 e. The highest BCUT2D eigenvalue weighted by Crippen LogP contribution is 2.11. The number of aromatic nitrogens is 3. The van der Waals surface area contributed by atoms with E-state index in [4.69, 9.17) is 0 Å². The van der Waals surface area contributed by atoms with Gasteiger partial charge >= 0.3 is 0 Å². The molecule has 0 aromatic carbocycles. The van der Waals surface area contributed by atoms with E-state index in [1.165, 1.54) is 6.92 Å². The van der Waals surface area contributed by atoms with Crippen LogP contribution in [0.25, 0.3) is 5.82 Å². The molecule has 0 saturated heterocycles. The van der Waals surface area contributed by atoms with Crippen molar-refractivity contribution in [3.63, 3.8) is 0 Å². The van der Waals surface area contributed by atoms with Gasteiger partial charge in [0.2, 0.25) is 0 Å². The Hall–Kier alpha value is -1.97. The summed E-state index contributed by atoms with van der Waals surface area (Å²) in [5, 5.41) is 4.09. The van der Waals surface area contributed by atoms with Crippen molar-refractivity contribution in [3.8, 4) is 5.82 Å². The van der Waals surface area contributed by atoms with Gasteiger partial charge in [-0.15, -0.1) is 0 Å². The second-order valence-corrected chi connectivity index (χ2v) is 3.37. The zero-order valence-corrected chi connectivity index (χ0v) is 8.64. The van der Waals surface area contributed by atoms with E-state index in [1.54, 1.807) is 17.1 Å². The normalized spacial score (nSPS) is 10.3. The van der Waals surface area contributed by atoms with Crippen LogP contribution in [0.3, 0.4) is 0 Å². The Morgan fingerprint density at radius 2 is 2.27 bits per heavy atom. The summed E-state index contributed by atoms with van der Waals surface area (Å²) in [4.78, 5) is 15.4. The van der Waals surface area contributed by atoms with Crippen LogP contribution in [0.2, 0.25) is 0 Å². The molecule has 2 aromatic heterocycles. The first-order chi connectivity index (χ1) is 7.18. The van der Waals surface area contributed by atoms with Gasteiger partial charge in [0, 0.05) is 24.2 Å². The van der Waals surface area contributed by atoms with Crippen LogP contribution in [-0.2, 0) is 0 Å². The average molecular weight is 201 g/mol. The zero-order valence-electron chi connectivity index (χ0n) is 8.64. The van der Waals surface area contributed by atoms with Gasteiger partial charge in [-0.25, -0.2) is 9.67 Å².